The predicted octanol–water partition coefficient (Wildman–Crippen LogP) is 0.745. The van der Waals surface area contributed by atoms with Crippen molar-refractivity contribution in [2.45, 2.75) is 44.7 Å². The molecule has 51 heavy (non-hydrogen) atoms. The molecular formula is C34H56N6O9S2. The molecule has 1 aromatic rings. The largest absolute Gasteiger partial charge is 0.480 e. The molecule has 2 rings (SSSR count). The van der Waals surface area contributed by atoms with Crippen molar-refractivity contribution in [1.82, 2.24) is 24.9 Å². The maximum Gasteiger partial charge on any atom is 0.321 e. The van der Waals surface area contributed by atoms with Gasteiger partial charge in [0, 0.05) is 81.9 Å². The van der Waals surface area contributed by atoms with E-state index in [1.165, 1.54) is 17.3 Å². The minimum atomic E-state index is -1.02. The van der Waals surface area contributed by atoms with Gasteiger partial charge in [-0.25, -0.2) is 0 Å². The first-order chi connectivity index (χ1) is 24.0. The lowest BCUT2D eigenvalue weighted by molar-refractivity contribution is -0.140. The number of hydrogen-bond donors (Lipinski definition) is 6. The van der Waals surface area contributed by atoms with Gasteiger partial charge in [-0.2, -0.15) is 23.5 Å². The highest BCUT2D eigenvalue weighted by molar-refractivity contribution is 7.98. The average Bonchev–Trinajstić information content (AvgIpc) is 3.00. The second kappa shape index (κ2) is 22.9. The van der Waals surface area contributed by atoms with Crippen LogP contribution in [0.5, 0.6) is 0 Å². The third-order valence-corrected chi connectivity index (χ3v) is 10.1. The van der Waals surface area contributed by atoms with Crippen molar-refractivity contribution in [2.75, 3.05) is 96.6 Å². The number of benzene rings is 1. The van der Waals surface area contributed by atoms with Crippen LogP contribution in [-0.2, 0) is 41.9 Å². The molecule has 1 fully saturated rings. The molecule has 1 aliphatic rings. The number of nitrogens with two attached hydrogens (primary N) is 1. The van der Waals surface area contributed by atoms with E-state index in [4.69, 9.17) is 10.8 Å². The van der Waals surface area contributed by atoms with Gasteiger partial charge in [0.15, 0.2) is 0 Å². The Morgan fingerprint density at radius 1 is 0.686 bits per heavy atom. The molecular weight excluding hydrogens is 701 g/mol. The molecule has 0 saturated carbocycles. The molecule has 1 amide bonds. The smallest absolute Gasteiger partial charge is 0.321 e. The van der Waals surface area contributed by atoms with Crippen molar-refractivity contribution >= 4 is 53.3 Å². The Hall–Kier alpha value is -2.93. The zero-order valence-electron chi connectivity index (χ0n) is 30.1. The minimum absolute atomic E-state index is 0.0685. The first kappa shape index (κ1) is 44.2. The summed E-state index contributed by atoms with van der Waals surface area (Å²) in [4.78, 5) is 65.6. The summed E-state index contributed by atoms with van der Waals surface area (Å²) in [5, 5.41) is 40.3. The van der Waals surface area contributed by atoms with Crippen LogP contribution >= 0.6 is 23.5 Å². The van der Waals surface area contributed by atoms with Crippen LogP contribution in [0.3, 0.4) is 0 Å². The van der Waals surface area contributed by atoms with E-state index in [-0.39, 0.29) is 37.5 Å². The van der Waals surface area contributed by atoms with Crippen LogP contribution in [0, 0.1) is 5.41 Å². The highest BCUT2D eigenvalue weighted by Gasteiger charge is 2.21. The normalized spacial score (nSPS) is 16.9. The summed E-state index contributed by atoms with van der Waals surface area (Å²) >= 11 is 3.19. The Bertz CT molecular complexity index is 1270. The topological polar surface area (TPSA) is 217 Å². The number of carbonyl (C=O) groups excluding carboxylic acids is 1. The Balaban J connectivity index is 1.97. The standard InChI is InChI=1S/C34H56N6O9S2/c1-34(2,3)17-25-14-26(16-27(15-25)23-51-24-28(35)33(48)49)22-50-13-4-36-29(41)18-37-5-7-38(19-30(42)43)9-11-40(21-32(46)47)12-10-39(8-6-37)20-31(44)45/h14-16,28H,4-13,17-24,35H2,1-3H3,(H,36,41)(H,42,43)(H,44,45)(H,46,47)(H,48,49)/t28-/m0/s1. The molecule has 1 aliphatic heterocycles. The first-order valence-corrected chi connectivity index (χ1v) is 19.4. The Morgan fingerprint density at radius 3 is 1.47 bits per heavy atom. The number of carbonyl (C=O) groups is 5. The molecule has 0 aromatic heterocycles. The van der Waals surface area contributed by atoms with Crippen molar-refractivity contribution < 1.29 is 44.4 Å². The lowest BCUT2D eigenvalue weighted by atomic mass is 9.87. The van der Waals surface area contributed by atoms with E-state index >= 15 is 0 Å². The number of hydrogen-bond acceptors (Lipinski definition) is 12. The molecule has 0 radical (unpaired) electrons. The molecule has 7 N–H and O–H groups in total. The third-order valence-electron chi connectivity index (χ3n) is 7.94. The lowest BCUT2D eigenvalue weighted by Gasteiger charge is -2.32. The van der Waals surface area contributed by atoms with E-state index < -0.39 is 29.9 Å². The molecule has 15 nitrogen and oxygen atoms in total. The van der Waals surface area contributed by atoms with Gasteiger partial charge in [0.1, 0.15) is 6.04 Å². The molecule has 0 spiro atoms. The SMILES string of the molecule is CC(C)(C)Cc1cc(CSCCNC(=O)CN2CCN(CC(=O)O)CCN(CC(=O)O)CCN(CC(=O)O)CC2)cc(CSC[C@H](N)C(=O)O)c1. The highest BCUT2D eigenvalue weighted by atomic mass is 32.2. The van der Waals surface area contributed by atoms with Crippen molar-refractivity contribution in [3.8, 4) is 0 Å². The van der Waals surface area contributed by atoms with Crippen LogP contribution in [0.15, 0.2) is 18.2 Å². The molecule has 1 atom stereocenters. The second-order valence-electron chi connectivity index (χ2n) is 14.0. The third kappa shape index (κ3) is 20.6. The van der Waals surface area contributed by atoms with Gasteiger partial charge in [0.25, 0.3) is 0 Å². The number of rotatable bonds is 19. The fourth-order valence-electron chi connectivity index (χ4n) is 5.59. The van der Waals surface area contributed by atoms with Crippen molar-refractivity contribution in [1.29, 1.82) is 0 Å². The zero-order chi connectivity index (χ0) is 38.0. The molecule has 0 unspecified atom stereocenters. The molecule has 1 aromatic carbocycles. The highest BCUT2D eigenvalue weighted by Crippen LogP contribution is 2.26. The molecule has 0 aliphatic carbocycles. The van der Waals surface area contributed by atoms with E-state index in [9.17, 15) is 39.3 Å². The maximum atomic E-state index is 13.0. The summed E-state index contributed by atoms with van der Waals surface area (Å²) in [6.45, 7) is 9.09. The number of carboxylic acid groups (broad SMARTS) is 4. The number of aliphatic carboxylic acids is 4. The summed E-state index contributed by atoms with van der Waals surface area (Å²) in [5.41, 5.74) is 9.27. The summed E-state index contributed by atoms with van der Waals surface area (Å²) < 4.78 is 0. The monoisotopic (exact) mass is 756 g/mol. The van der Waals surface area contributed by atoms with Gasteiger partial charge in [0.2, 0.25) is 5.91 Å². The number of nitrogens with one attached hydrogen (secondary N) is 1. The van der Waals surface area contributed by atoms with E-state index in [0.717, 1.165) is 23.3 Å². The number of amides is 1. The van der Waals surface area contributed by atoms with Crippen molar-refractivity contribution in [2.24, 2.45) is 11.1 Å². The predicted molar refractivity (Wildman–Crippen MR) is 199 cm³/mol. The van der Waals surface area contributed by atoms with Crippen molar-refractivity contribution in [3.05, 3.63) is 34.9 Å². The van der Waals surface area contributed by atoms with Crippen LogP contribution < -0.4 is 11.1 Å². The fourth-order valence-corrected chi connectivity index (χ4v) is 7.30. The van der Waals surface area contributed by atoms with Gasteiger partial charge in [-0.3, -0.25) is 43.6 Å². The average molecular weight is 757 g/mol. The number of nitrogens with zero attached hydrogens (tertiary/aromatic N) is 4. The van der Waals surface area contributed by atoms with Gasteiger partial charge in [-0.1, -0.05) is 39.0 Å². The molecule has 288 valence electrons. The quantitative estimate of drug-likeness (QED) is 0.107. The first-order valence-electron chi connectivity index (χ1n) is 17.1. The Labute approximate surface area is 309 Å². The molecule has 0 bridgehead atoms. The van der Waals surface area contributed by atoms with Gasteiger partial charge in [-0.15, -0.1) is 0 Å². The number of carboxylic acids is 4. The van der Waals surface area contributed by atoms with Crippen LogP contribution in [0.1, 0.15) is 37.5 Å². The van der Waals surface area contributed by atoms with E-state index in [1.807, 2.05) is 4.90 Å². The van der Waals surface area contributed by atoms with E-state index in [0.29, 0.717) is 76.2 Å². The fraction of sp³-hybridized carbons (Fsp3) is 0.676. The van der Waals surface area contributed by atoms with E-state index in [1.54, 1.807) is 26.5 Å². The molecule has 1 saturated heterocycles. The van der Waals surface area contributed by atoms with Gasteiger partial charge < -0.3 is 31.5 Å². The van der Waals surface area contributed by atoms with Crippen LogP contribution in [0.2, 0.25) is 0 Å². The van der Waals surface area contributed by atoms with Crippen LogP contribution in [0.4, 0.5) is 0 Å². The van der Waals surface area contributed by atoms with Gasteiger partial charge in [0.05, 0.1) is 26.2 Å². The molecule has 17 heteroatoms. The summed E-state index contributed by atoms with van der Waals surface area (Å²) in [7, 11) is 0. The Morgan fingerprint density at radius 2 is 1.08 bits per heavy atom. The summed E-state index contributed by atoms with van der Waals surface area (Å²) in [6, 6.07) is 5.61. The van der Waals surface area contributed by atoms with Gasteiger partial charge >= 0.3 is 23.9 Å². The Kier molecular flexibility index (Phi) is 19.8. The van der Waals surface area contributed by atoms with E-state index in [2.05, 4.69) is 44.3 Å². The lowest BCUT2D eigenvalue weighted by Crippen LogP contribution is -2.49. The zero-order valence-corrected chi connectivity index (χ0v) is 31.7. The maximum absolute atomic E-state index is 13.0. The molecule has 1 heterocycles. The van der Waals surface area contributed by atoms with Crippen LogP contribution in [0.25, 0.3) is 0 Å². The summed E-state index contributed by atoms with van der Waals surface area (Å²) in [5.74, 6) is -1.80. The summed E-state index contributed by atoms with van der Waals surface area (Å²) in [6.07, 6.45) is 0.898. The minimum Gasteiger partial charge on any atom is -0.480 e. The van der Waals surface area contributed by atoms with Crippen molar-refractivity contribution in [3.63, 3.8) is 0 Å². The van der Waals surface area contributed by atoms with Crippen LogP contribution in [-0.4, -0.2) is 172 Å². The second-order valence-corrected chi connectivity index (χ2v) is 16.2. The van der Waals surface area contributed by atoms with Gasteiger partial charge in [-0.05, 0) is 28.5 Å². The number of thioether (sulfide) groups is 2.